The van der Waals surface area contributed by atoms with Gasteiger partial charge >= 0.3 is 5.97 Å². The molecular formula is C16H25NO3. The SMILES string of the molecule is Cc1oc(CNC2CCCCC2C(C)C)cc1C(=O)O. The van der Waals surface area contributed by atoms with Crippen LogP contribution in [0.5, 0.6) is 0 Å². The molecule has 0 aliphatic heterocycles. The van der Waals surface area contributed by atoms with Crippen LogP contribution in [0.2, 0.25) is 0 Å². The van der Waals surface area contributed by atoms with Crippen molar-refractivity contribution in [3.05, 3.63) is 23.2 Å². The summed E-state index contributed by atoms with van der Waals surface area (Å²) >= 11 is 0. The molecule has 0 radical (unpaired) electrons. The quantitative estimate of drug-likeness (QED) is 0.864. The maximum absolute atomic E-state index is 11.0. The Labute approximate surface area is 120 Å². The van der Waals surface area contributed by atoms with Crippen LogP contribution < -0.4 is 5.32 Å². The fourth-order valence-electron chi connectivity index (χ4n) is 3.29. The second kappa shape index (κ2) is 6.44. The molecule has 2 N–H and O–H groups in total. The molecule has 4 heteroatoms. The van der Waals surface area contributed by atoms with Crippen LogP contribution in [-0.2, 0) is 6.54 Å². The summed E-state index contributed by atoms with van der Waals surface area (Å²) in [4.78, 5) is 11.0. The van der Waals surface area contributed by atoms with Crippen LogP contribution in [0, 0.1) is 18.8 Å². The summed E-state index contributed by atoms with van der Waals surface area (Å²) in [6.45, 7) is 6.88. The van der Waals surface area contributed by atoms with Gasteiger partial charge in [0.05, 0.1) is 6.54 Å². The lowest BCUT2D eigenvalue weighted by Gasteiger charge is -2.34. The van der Waals surface area contributed by atoms with Crippen LogP contribution in [-0.4, -0.2) is 17.1 Å². The molecule has 0 amide bonds. The standard InChI is InChI=1S/C16H25NO3/c1-10(2)13-6-4-5-7-15(13)17-9-12-8-14(16(18)19)11(3)20-12/h8,10,13,15,17H,4-7,9H2,1-3H3,(H,18,19). The van der Waals surface area contributed by atoms with Crippen molar-refractivity contribution in [1.29, 1.82) is 0 Å². The summed E-state index contributed by atoms with van der Waals surface area (Å²) in [6.07, 6.45) is 5.09. The van der Waals surface area contributed by atoms with Gasteiger partial charge in [0.2, 0.25) is 0 Å². The molecule has 20 heavy (non-hydrogen) atoms. The van der Waals surface area contributed by atoms with Crippen LogP contribution in [0.3, 0.4) is 0 Å². The zero-order valence-electron chi connectivity index (χ0n) is 12.6. The molecule has 2 unspecified atom stereocenters. The van der Waals surface area contributed by atoms with E-state index >= 15 is 0 Å². The smallest absolute Gasteiger partial charge is 0.339 e. The first-order valence-electron chi connectivity index (χ1n) is 7.55. The number of rotatable bonds is 5. The fourth-order valence-corrected chi connectivity index (χ4v) is 3.29. The number of carbonyl (C=O) groups is 1. The van der Waals surface area contributed by atoms with E-state index in [9.17, 15) is 4.79 Å². The molecule has 0 bridgehead atoms. The largest absolute Gasteiger partial charge is 0.478 e. The highest BCUT2D eigenvalue weighted by molar-refractivity contribution is 5.88. The molecular weight excluding hydrogens is 254 g/mol. The van der Waals surface area contributed by atoms with E-state index in [4.69, 9.17) is 9.52 Å². The Morgan fingerprint density at radius 3 is 2.75 bits per heavy atom. The van der Waals surface area contributed by atoms with E-state index in [0.717, 1.165) is 0 Å². The van der Waals surface area contributed by atoms with Gasteiger partial charge in [0.15, 0.2) is 0 Å². The molecule has 1 aromatic rings. The van der Waals surface area contributed by atoms with Gasteiger partial charge in [0.1, 0.15) is 17.1 Å². The van der Waals surface area contributed by atoms with Crippen LogP contribution in [0.1, 0.15) is 61.4 Å². The summed E-state index contributed by atoms with van der Waals surface area (Å²) in [5.74, 6) is 1.67. The normalized spacial score (nSPS) is 23.2. The molecule has 112 valence electrons. The maximum Gasteiger partial charge on any atom is 0.339 e. The predicted octanol–water partition coefficient (Wildman–Crippen LogP) is 3.59. The van der Waals surface area contributed by atoms with Crippen molar-refractivity contribution >= 4 is 5.97 Å². The third kappa shape index (κ3) is 3.42. The highest BCUT2D eigenvalue weighted by atomic mass is 16.4. The summed E-state index contributed by atoms with van der Waals surface area (Å²) in [5.41, 5.74) is 0.269. The van der Waals surface area contributed by atoms with Crippen LogP contribution in [0.25, 0.3) is 0 Å². The number of furan rings is 1. The van der Waals surface area contributed by atoms with Gasteiger partial charge < -0.3 is 14.8 Å². The monoisotopic (exact) mass is 279 g/mol. The van der Waals surface area contributed by atoms with Crippen molar-refractivity contribution < 1.29 is 14.3 Å². The minimum absolute atomic E-state index is 0.269. The molecule has 4 nitrogen and oxygen atoms in total. The van der Waals surface area contributed by atoms with Crippen LogP contribution >= 0.6 is 0 Å². The van der Waals surface area contributed by atoms with Crippen LogP contribution in [0.15, 0.2) is 10.5 Å². The second-order valence-corrected chi connectivity index (χ2v) is 6.17. The van der Waals surface area contributed by atoms with Crippen molar-refractivity contribution in [1.82, 2.24) is 5.32 Å². The Balaban J connectivity index is 1.97. The third-order valence-electron chi connectivity index (χ3n) is 4.41. The number of carboxylic acids is 1. The van der Waals surface area contributed by atoms with E-state index < -0.39 is 5.97 Å². The lowest BCUT2D eigenvalue weighted by molar-refractivity contribution is 0.0695. The molecule has 1 aliphatic carbocycles. The Morgan fingerprint density at radius 2 is 2.15 bits per heavy atom. The molecule has 0 spiro atoms. The van der Waals surface area contributed by atoms with E-state index in [1.807, 2.05) is 0 Å². The Kier molecular flexibility index (Phi) is 4.86. The lowest BCUT2D eigenvalue weighted by Crippen LogP contribution is -2.40. The van der Waals surface area contributed by atoms with Gasteiger partial charge in [-0.15, -0.1) is 0 Å². The topological polar surface area (TPSA) is 62.5 Å². The molecule has 1 fully saturated rings. The number of carboxylic acid groups (broad SMARTS) is 1. The van der Waals surface area contributed by atoms with E-state index in [-0.39, 0.29) is 5.56 Å². The maximum atomic E-state index is 11.0. The lowest BCUT2D eigenvalue weighted by atomic mass is 9.78. The number of aryl methyl sites for hydroxylation is 1. The minimum Gasteiger partial charge on any atom is -0.478 e. The van der Waals surface area contributed by atoms with E-state index in [1.165, 1.54) is 25.7 Å². The first-order valence-corrected chi connectivity index (χ1v) is 7.55. The molecule has 2 rings (SSSR count). The van der Waals surface area contributed by atoms with E-state index in [0.29, 0.717) is 35.9 Å². The Bertz CT molecular complexity index is 464. The Morgan fingerprint density at radius 1 is 1.45 bits per heavy atom. The number of aromatic carboxylic acids is 1. The highest BCUT2D eigenvalue weighted by Gasteiger charge is 2.27. The fraction of sp³-hybridized carbons (Fsp3) is 0.688. The summed E-state index contributed by atoms with van der Waals surface area (Å²) in [6, 6.07) is 2.15. The van der Waals surface area contributed by atoms with Crippen LogP contribution in [0.4, 0.5) is 0 Å². The van der Waals surface area contributed by atoms with E-state index in [2.05, 4.69) is 19.2 Å². The van der Waals surface area contributed by atoms with Gasteiger partial charge in [-0.05, 0) is 37.7 Å². The summed E-state index contributed by atoms with van der Waals surface area (Å²) in [7, 11) is 0. The van der Waals surface area contributed by atoms with Crippen molar-refractivity contribution in [2.75, 3.05) is 0 Å². The molecule has 0 saturated heterocycles. The highest BCUT2D eigenvalue weighted by Crippen LogP contribution is 2.30. The predicted molar refractivity (Wildman–Crippen MR) is 77.8 cm³/mol. The minimum atomic E-state index is -0.921. The third-order valence-corrected chi connectivity index (χ3v) is 4.41. The number of hydrogen-bond donors (Lipinski definition) is 2. The molecule has 2 atom stereocenters. The zero-order valence-corrected chi connectivity index (χ0v) is 12.6. The van der Waals surface area contributed by atoms with Crippen molar-refractivity contribution in [3.63, 3.8) is 0 Å². The summed E-state index contributed by atoms with van der Waals surface area (Å²) < 4.78 is 5.52. The Hall–Kier alpha value is -1.29. The molecule has 0 aromatic carbocycles. The molecule has 1 saturated carbocycles. The van der Waals surface area contributed by atoms with Gasteiger partial charge in [-0.25, -0.2) is 4.79 Å². The van der Waals surface area contributed by atoms with Gasteiger partial charge in [-0.3, -0.25) is 0 Å². The van der Waals surface area contributed by atoms with Crippen molar-refractivity contribution in [3.8, 4) is 0 Å². The van der Waals surface area contributed by atoms with E-state index in [1.54, 1.807) is 13.0 Å². The zero-order chi connectivity index (χ0) is 14.7. The van der Waals surface area contributed by atoms with Crippen molar-refractivity contribution in [2.45, 2.75) is 59.0 Å². The average Bonchev–Trinajstić information content (AvgIpc) is 2.78. The first-order chi connectivity index (χ1) is 9.49. The van der Waals surface area contributed by atoms with Gasteiger partial charge in [-0.2, -0.15) is 0 Å². The molecule has 1 aliphatic rings. The van der Waals surface area contributed by atoms with Crippen molar-refractivity contribution in [2.24, 2.45) is 11.8 Å². The van der Waals surface area contributed by atoms with Gasteiger partial charge in [0, 0.05) is 6.04 Å². The van der Waals surface area contributed by atoms with Gasteiger partial charge in [-0.1, -0.05) is 26.7 Å². The second-order valence-electron chi connectivity index (χ2n) is 6.17. The van der Waals surface area contributed by atoms with Gasteiger partial charge in [0.25, 0.3) is 0 Å². The summed E-state index contributed by atoms with van der Waals surface area (Å²) in [5, 5.41) is 12.6. The first kappa shape index (κ1) is 15.1. The molecule has 1 heterocycles. The number of hydrogen-bond acceptors (Lipinski definition) is 3. The number of nitrogens with one attached hydrogen (secondary N) is 1. The average molecular weight is 279 g/mol. The molecule has 1 aromatic heterocycles.